The van der Waals surface area contributed by atoms with Gasteiger partial charge < -0.3 is 10.3 Å². The van der Waals surface area contributed by atoms with E-state index < -0.39 is 32.0 Å². The summed E-state index contributed by atoms with van der Waals surface area (Å²) in [7, 11) is -4.07. The molecule has 156 valence electrons. The Morgan fingerprint density at radius 2 is 1.93 bits per heavy atom. The highest BCUT2D eigenvalue weighted by Crippen LogP contribution is 2.21. The lowest BCUT2D eigenvalue weighted by Crippen LogP contribution is -2.20. The number of halogens is 2. The SMILES string of the molecule is Cc1ccc(NC(=O)CSc2ncc(S(=O)(=O)c3ccc(Cl)cc3)c(=O)[nH]2)cc1F. The maximum absolute atomic E-state index is 13.5. The number of sulfone groups is 1. The molecule has 30 heavy (non-hydrogen) atoms. The summed E-state index contributed by atoms with van der Waals surface area (Å²) in [6.07, 6.45) is 0.943. The van der Waals surface area contributed by atoms with E-state index in [0.29, 0.717) is 16.3 Å². The van der Waals surface area contributed by atoms with E-state index in [9.17, 15) is 22.4 Å². The second kappa shape index (κ2) is 8.99. The number of benzene rings is 2. The van der Waals surface area contributed by atoms with Crippen molar-refractivity contribution in [2.45, 2.75) is 21.9 Å². The number of thioether (sulfide) groups is 1. The summed E-state index contributed by atoms with van der Waals surface area (Å²) in [5.74, 6) is -1.01. The molecule has 11 heteroatoms. The van der Waals surface area contributed by atoms with Gasteiger partial charge in [-0.05, 0) is 48.9 Å². The van der Waals surface area contributed by atoms with Crippen LogP contribution in [-0.4, -0.2) is 30.0 Å². The molecule has 1 aromatic heterocycles. The van der Waals surface area contributed by atoms with Crippen LogP contribution in [0.5, 0.6) is 0 Å². The van der Waals surface area contributed by atoms with Crippen LogP contribution in [0.25, 0.3) is 0 Å². The summed E-state index contributed by atoms with van der Waals surface area (Å²) in [6, 6.07) is 9.69. The van der Waals surface area contributed by atoms with Crippen LogP contribution in [0, 0.1) is 12.7 Å². The largest absolute Gasteiger partial charge is 0.325 e. The van der Waals surface area contributed by atoms with E-state index in [4.69, 9.17) is 11.6 Å². The lowest BCUT2D eigenvalue weighted by molar-refractivity contribution is -0.113. The minimum Gasteiger partial charge on any atom is -0.325 e. The predicted molar refractivity (Wildman–Crippen MR) is 112 cm³/mol. The fourth-order valence-electron chi connectivity index (χ4n) is 2.37. The Hall–Kier alpha value is -2.69. The number of hydrogen-bond acceptors (Lipinski definition) is 6. The van der Waals surface area contributed by atoms with Gasteiger partial charge in [-0.25, -0.2) is 17.8 Å². The van der Waals surface area contributed by atoms with E-state index >= 15 is 0 Å². The third kappa shape index (κ3) is 5.07. The Morgan fingerprint density at radius 3 is 2.57 bits per heavy atom. The highest BCUT2D eigenvalue weighted by atomic mass is 35.5. The standard InChI is InChI=1S/C19H15ClFN3O4S2/c1-11-2-5-13(8-15(11)21)23-17(25)10-29-19-22-9-16(18(26)24-19)30(27,28)14-6-3-12(20)4-7-14/h2-9H,10H2,1H3,(H,23,25)(H,22,24,26). The number of nitrogens with one attached hydrogen (secondary N) is 2. The Balaban J connectivity index is 1.69. The zero-order valence-corrected chi connectivity index (χ0v) is 17.9. The van der Waals surface area contributed by atoms with Crippen LogP contribution in [-0.2, 0) is 14.6 Å². The van der Waals surface area contributed by atoms with Gasteiger partial charge >= 0.3 is 0 Å². The lowest BCUT2D eigenvalue weighted by Gasteiger charge is -2.07. The second-order valence-corrected chi connectivity index (χ2v) is 9.46. The van der Waals surface area contributed by atoms with Gasteiger partial charge in [-0.3, -0.25) is 9.59 Å². The number of aryl methyl sites for hydroxylation is 1. The highest BCUT2D eigenvalue weighted by Gasteiger charge is 2.22. The van der Waals surface area contributed by atoms with Gasteiger partial charge in [0.2, 0.25) is 15.7 Å². The number of aromatic amines is 1. The second-order valence-electron chi connectivity index (χ2n) is 6.14. The average molecular weight is 468 g/mol. The summed E-state index contributed by atoms with van der Waals surface area (Å²) in [5.41, 5.74) is -0.101. The van der Waals surface area contributed by atoms with Gasteiger partial charge in [-0.2, -0.15) is 0 Å². The van der Waals surface area contributed by atoms with Crippen LogP contribution >= 0.6 is 23.4 Å². The first-order chi connectivity index (χ1) is 14.2. The van der Waals surface area contributed by atoms with E-state index in [1.54, 1.807) is 13.0 Å². The summed E-state index contributed by atoms with van der Waals surface area (Å²) in [4.78, 5) is 30.0. The number of nitrogens with zero attached hydrogens (tertiary/aromatic N) is 1. The molecule has 0 saturated heterocycles. The quantitative estimate of drug-likeness (QED) is 0.424. The molecule has 0 saturated carbocycles. The van der Waals surface area contributed by atoms with Crippen molar-refractivity contribution in [2.24, 2.45) is 0 Å². The first-order valence-corrected chi connectivity index (χ1v) is 11.3. The van der Waals surface area contributed by atoms with Crippen LogP contribution in [0.15, 0.2) is 68.4 Å². The van der Waals surface area contributed by atoms with Gasteiger partial charge in [0, 0.05) is 10.7 Å². The molecular formula is C19H15ClFN3O4S2. The Kier molecular flexibility index (Phi) is 6.59. The molecule has 3 aromatic rings. The van der Waals surface area contributed by atoms with E-state index in [0.717, 1.165) is 18.0 Å². The zero-order valence-electron chi connectivity index (χ0n) is 15.5. The van der Waals surface area contributed by atoms with Crippen molar-refractivity contribution in [3.8, 4) is 0 Å². The minimum atomic E-state index is -4.07. The van der Waals surface area contributed by atoms with Crippen molar-refractivity contribution >= 4 is 44.8 Å². The topological polar surface area (TPSA) is 109 Å². The minimum absolute atomic E-state index is 0.0697. The Bertz CT molecular complexity index is 1260. The maximum atomic E-state index is 13.5. The van der Waals surface area contributed by atoms with Crippen molar-refractivity contribution < 1.29 is 17.6 Å². The summed E-state index contributed by atoms with van der Waals surface area (Å²) in [6.45, 7) is 1.61. The molecule has 0 aliphatic heterocycles. The van der Waals surface area contributed by atoms with Crippen molar-refractivity contribution in [3.63, 3.8) is 0 Å². The molecule has 2 aromatic carbocycles. The van der Waals surface area contributed by atoms with Crippen molar-refractivity contribution in [1.82, 2.24) is 9.97 Å². The van der Waals surface area contributed by atoms with Gasteiger partial charge in [0.1, 0.15) is 5.82 Å². The number of amides is 1. The van der Waals surface area contributed by atoms with E-state index in [2.05, 4.69) is 15.3 Å². The van der Waals surface area contributed by atoms with Crippen LogP contribution in [0.1, 0.15) is 5.56 Å². The molecule has 1 heterocycles. The average Bonchev–Trinajstić information content (AvgIpc) is 2.69. The van der Waals surface area contributed by atoms with Gasteiger partial charge in [0.25, 0.3) is 5.56 Å². The first-order valence-electron chi connectivity index (χ1n) is 8.45. The van der Waals surface area contributed by atoms with Crippen molar-refractivity contribution in [1.29, 1.82) is 0 Å². The highest BCUT2D eigenvalue weighted by molar-refractivity contribution is 7.99. The van der Waals surface area contributed by atoms with E-state index in [1.807, 2.05) is 0 Å². The number of carbonyl (C=O) groups is 1. The van der Waals surface area contributed by atoms with Gasteiger partial charge in [0.15, 0.2) is 10.1 Å². The van der Waals surface area contributed by atoms with Crippen LogP contribution < -0.4 is 10.9 Å². The number of anilines is 1. The summed E-state index contributed by atoms with van der Waals surface area (Å²) < 4.78 is 38.7. The summed E-state index contributed by atoms with van der Waals surface area (Å²) in [5, 5.41) is 2.96. The normalized spacial score (nSPS) is 11.3. The van der Waals surface area contributed by atoms with Gasteiger partial charge in [0.05, 0.1) is 16.8 Å². The molecule has 0 atom stereocenters. The predicted octanol–water partition coefficient (Wildman–Crippen LogP) is 3.43. The van der Waals surface area contributed by atoms with Crippen LogP contribution in [0.3, 0.4) is 0 Å². The third-order valence-electron chi connectivity index (χ3n) is 3.95. The molecule has 2 N–H and O–H groups in total. The fraction of sp³-hybridized carbons (Fsp3) is 0.105. The number of carbonyl (C=O) groups excluding carboxylic acids is 1. The zero-order chi connectivity index (χ0) is 21.9. The molecule has 7 nitrogen and oxygen atoms in total. The first kappa shape index (κ1) is 22.0. The number of hydrogen-bond donors (Lipinski definition) is 2. The van der Waals surface area contributed by atoms with Crippen molar-refractivity contribution in [2.75, 3.05) is 11.1 Å². The van der Waals surface area contributed by atoms with E-state index in [-0.39, 0.29) is 15.8 Å². The molecule has 1 amide bonds. The smallest absolute Gasteiger partial charge is 0.270 e. The molecule has 0 bridgehead atoms. The fourth-order valence-corrected chi connectivity index (χ4v) is 4.37. The Morgan fingerprint density at radius 1 is 1.23 bits per heavy atom. The number of rotatable bonds is 6. The van der Waals surface area contributed by atoms with Gasteiger partial charge in [-0.15, -0.1) is 0 Å². The molecular weight excluding hydrogens is 453 g/mol. The number of aromatic nitrogens is 2. The molecule has 0 spiro atoms. The molecule has 0 aliphatic carbocycles. The molecule has 0 radical (unpaired) electrons. The number of H-pyrrole nitrogens is 1. The summed E-state index contributed by atoms with van der Waals surface area (Å²) >= 11 is 6.66. The van der Waals surface area contributed by atoms with E-state index in [1.165, 1.54) is 36.4 Å². The Labute approximate surface area is 180 Å². The van der Waals surface area contributed by atoms with Crippen LogP contribution in [0.2, 0.25) is 5.02 Å². The molecule has 0 unspecified atom stereocenters. The van der Waals surface area contributed by atoms with Crippen LogP contribution in [0.4, 0.5) is 10.1 Å². The third-order valence-corrected chi connectivity index (χ3v) is 6.85. The monoisotopic (exact) mass is 467 g/mol. The maximum Gasteiger partial charge on any atom is 0.270 e. The molecule has 0 fully saturated rings. The molecule has 0 aliphatic rings. The van der Waals surface area contributed by atoms with Crippen molar-refractivity contribution in [3.05, 3.63) is 75.4 Å². The van der Waals surface area contributed by atoms with Gasteiger partial charge in [-0.1, -0.05) is 29.4 Å². The molecule has 3 rings (SSSR count). The lowest BCUT2D eigenvalue weighted by atomic mass is 10.2.